The highest BCUT2D eigenvalue weighted by atomic mass is 32.2. The van der Waals surface area contributed by atoms with Gasteiger partial charge in [-0.05, 0) is 24.3 Å². The molecule has 0 saturated heterocycles. The van der Waals surface area contributed by atoms with Crippen LogP contribution in [-0.2, 0) is 19.6 Å². The lowest BCUT2D eigenvalue weighted by molar-refractivity contribution is -0.148. The number of carbonyl (C=O) groups excluding carboxylic acids is 2. The predicted octanol–water partition coefficient (Wildman–Crippen LogP) is 1.71. The standard InChI is InChI=1S/C16H13NO6S/c18-14(10-15(19)16(20)21)11-5-4-6-12(9-11)17-24(22,23)13-7-2-1-3-8-13/h1-9,17H,10H2,(H,20,21). The molecule has 2 aromatic rings. The predicted molar refractivity (Wildman–Crippen MR) is 85.3 cm³/mol. The number of nitrogens with one attached hydrogen (secondary N) is 1. The van der Waals surface area contributed by atoms with Crippen LogP contribution in [0.15, 0.2) is 59.5 Å². The number of aliphatic carboxylic acids is 1. The zero-order chi connectivity index (χ0) is 17.7. The lowest BCUT2D eigenvalue weighted by atomic mass is 10.1. The van der Waals surface area contributed by atoms with Gasteiger partial charge in [0, 0.05) is 11.3 Å². The normalized spacial score (nSPS) is 10.8. The molecule has 0 fully saturated rings. The Morgan fingerprint density at radius 1 is 0.958 bits per heavy atom. The van der Waals surface area contributed by atoms with Crippen LogP contribution in [-0.4, -0.2) is 31.1 Å². The van der Waals surface area contributed by atoms with Gasteiger partial charge in [0.1, 0.15) is 0 Å². The summed E-state index contributed by atoms with van der Waals surface area (Å²) in [5, 5.41) is 8.52. The maximum atomic E-state index is 12.2. The van der Waals surface area contributed by atoms with Crippen LogP contribution < -0.4 is 4.72 Å². The highest BCUT2D eigenvalue weighted by Gasteiger charge is 2.19. The van der Waals surface area contributed by atoms with Crippen molar-refractivity contribution in [3.63, 3.8) is 0 Å². The average Bonchev–Trinajstić information content (AvgIpc) is 2.55. The smallest absolute Gasteiger partial charge is 0.372 e. The van der Waals surface area contributed by atoms with Gasteiger partial charge >= 0.3 is 5.97 Å². The van der Waals surface area contributed by atoms with Crippen LogP contribution in [0, 0.1) is 0 Å². The second-order valence-corrected chi connectivity index (χ2v) is 6.51. The first-order valence-corrected chi connectivity index (χ1v) is 8.25. The molecule has 0 aromatic heterocycles. The number of Topliss-reactive ketones (excluding diaryl/α,β-unsaturated/α-hetero) is 2. The van der Waals surface area contributed by atoms with E-state index in [2.05, 4.69) is 4.72 Å². The number of carboxylic acids is 1. The minimum atomic E-state index is -3.81. The minimum absolute atomic E-state index is 0.0397. The monoisotopic (exact) mass is 347 g/mol. The molecule has 0 aliphatic heterocycles. The van der Waals surface area contributed by atoms with E-state index in [-0.39, 0.29) is 16.1 Å². The number of hydrogen-bond acceptors (Lipinski definition) is 5. The van der Waals surface area contributed by atoms with E-state index >= 15 is 0 Å². The fraction of sp³-hybridized carbons (Fsp3) is 0.0625. The van der Waals surface area contributed by atoms with Gasteiger partial charge in [-0.15, -0.1) is 0 Å². The summed E-state index contributed by atoms with van der Waals surface area (Å²) >= 11 is 0. The van der Waals surface area contributed by atoms with Gasteiger partial charge in [0.2, 0.25) is 5.78 Å². The van der Waals surface area contributed by atoms with Crippen molar-refractivity contribution in [3.8, 4) is 0 Å². The number of benzene rings is 2. The fourth-order valence-corrected chi connectivity index (χ4v) is 2.96. The van der Waals surface area contributed by atoms with Crippen molar-refractivity contribution < 1.29 is 27.9 Å². The molecule has 124 valence electrons. The largest absolute Gasteiger partial charge is 0.475 e. The Balaban J connectivity index is 2.20. The van der Waals surface area contributed by atoms with Crippen LogP contribution in [0.25, 0.3) is 0 Å². The van der Waals surface area contributed by atoms with E-state index in [4.69, 9.17) is 5.11 Å². The molecule has 0 spiro atoms. The zero-order valence-electron chi connectivity index (χ0n) is 12.3. The molecule has 0 atom stereocenters. The Kier molecular flexibility index (Phi) is 5.10. The second kappa shape index (κ2) is 7.05. The van der Waals surface area contributed by atoms with Gasteiger partial charge < -0.3 is 5.11 Å². The molecule has 0 radical (unpaired) electrons. The van der Waals surface area contributed by atoms with E-state index in [1.807, 2.05) is 0 Å². The molecule has 7 nitrogen and oxygen atoms in total. The van der Waals surface area contributed by atoms with Gasteiger partial charge in [-0.1, -0.05) is 30.3 Å². The molecule has 0 aliphatic carbocycles. The first-order chi connectivity index (χ1) is 11.3. The topological polar surface area (TPSA) is 118 Å². The maximum absolute atomic E-state index is 12.2. The first kappa shape index (κ1) is 17.4. The van der Waals surface area contributed by atoms with Crippen molar-refractivity contribution in [2.75, 3.05) is 4.72 Å². The first-order valence-electron chi connectivity index (χ1n) is 6.77. The Morgan fingerprint density at radius 2 is 1.62 bits per heavy atom. The summed E-state index contributed by atoms with van der Waals surface area (Å²) in [5.41, 5.74) is 0.172. The quantitative estimate of drug-likeness (QED) is 0.447. The average molecular weight is 347 g/mol. The third kappa shape index (κ3) is 4.26. The van der Waals surface area contributed by atoms with Gasteiger partial charge in [-0.2, -0.15) is 0 Å². The highest BCUT2D eigenvalue weighted by molar-refractivity contribution is 7.92. The molecule has 0 aliphatic rings. The van der Waals surface area contributed by atoms with E-state index in [9.17, 15) is 22.8 Å². The van der Waals surface area contributed by atoms with Gasteiger partial charge in [-0.25, -0.2) is 13.2 Å². The number of carbonyl (C=O) groups is 3. The molecule has 0 saturated carbocycles. The van der Waals surface area contributed by atoms with Gasteiger partial charge in [0.25, 0.3) is 10.0 Å². The van der Waals surface area contributed by atoms with Crippen LogP contribution in [0.3, 0.4) is 0 Å². The summed E-state index contributed by atoms with van der Waals surface area (Å²) in [4.78, 5) is 33.5. The van der Waals surface area contributed by atoms with Crippen LogP contribution in [0.5, 0.6) is 0 Å². The Bertz CT molecular complexity index is 890. The van der Waals surface area contributed by atoms with Crippen molar-refractivity contribution >= 4 is 33.2 Å². The Morgan fingerprint density at radius 3 is 2.25 bits per heavy atom. The third-order valence-corrected chi connectivity index (χ3v) is 4.45. The van der Waals surface area contributed by atoms with Crippen molar-refractivity contribution in [1.29, 1.82) is 0 Å². The lowest BCUT2D eigenvalue weighted by Gasteiger charge is -2.09. The molecule has 0 bridgehead atoms. The summed E-state index contributed by atoms with van der Waals surface area (Å²) in [5.74, 6) is -3.62. The van der Waals surface area contributed by atoms with Crippen molar-refractivity contribution in [2.45, 2.75) is 11.3 Å². The molecule has 2 rings (SSSR count). The Labute approximate surface area is 138 Å². The molecular formula is C16H13NO6S. The van der Waals surface area contributed by atoms with E-state index < -0.39 is 34.0 Å². The summed E-state index contributed by atoms with van der Waals surface area (Å²) in [6.45, 7) is 0. The maximum Gasteiger partial charge on any atom is 0.372 e. The summed E-state index contributed by atoms with van der Waals surface area (Å²) < 4.78 is 26.8. The number of hydrogen-bond donors (Lipinski definition) is 2. The van der Waals surface area contributed by atoms with Crippen molar-refractivity contribution in [2.24, 2.45) is 0 Å². The van der Waals surface area contributed by atoms with Crippen LogP contribution in [0.4, 0.5) is 5.69 Å². The molecule has 2 N–H and O–H groups in total. The van der Waals surface area contributed by atoms with Gasteiger partial charge in [0.15, 0.2) is 5.78 Å². The number of anilines is 1. The van der Waals surface area contributed by atoms with E-state index in [0.29, 0.717) is 0 Å². The molecule has 0 amide bonds. The van der Waals surface area contributed by atoms with Crippen molar-refractivity contribution in [1.82, 2.24) is 0 Å². The van der Waals surface area contributed by atoms with E-state index in [1.165, 1.54) is 36.4 Å². The SMILES string of the molecule is O=C(O)C(=O)CC(=O)c1cccc(NS(=O)(=O)c2ccccc2)c1. The highest BCUT2D eigenvalue weighted by Crippen LogP contribution is 2.18. The van der Waals surface area contributed by atoms with Crippen molar-refractivity contribution in [3.05, 3.63) is 60.2 Å². The molecule has 0 heterocycles. The molecule has 2 aromatic carbocycles. The lowest BCUT2D eigenvalue weighted by Crippen LogP contribution is -2.17. The van der Waals surface area contributed by atoms with Gasteiger partial charge in [0.05, 0.1) is 11.3 Å². The number of rotatable bonds is 7. The van der Waals surface area contributed by atoms with Crippen LogP contribution >= 0.6 is 0 Å². The van der Waals surface area contributed by atoms with Crippen LogP contribution in [0.1, 0.15) is 16.8 Å². The third-order valence-electron chi connectivity index (χ3n) is 3.05. The van der Waals surface area contributed by atoms with E-state index in [1.54, 1.807) is 18.2 Å². The second-order valence-electron chi connectivity index (χ2n) is 4.83. The van der Waals surface area contributed by atoms with Gasteiger partial charge in [-0.3, -0.25) is 14.3 Å². The molecule has 24 heavy (non-hydrogen) atoms. The summed E-state index contributed by atoms with van der Waals surface area (Å²) in [6, 6.07) is 13.2. The molecular weight excluding hydrogens is 334 g/mol. The fourth-order valence-electron chi connectivity index (χ4n) is 1.89. The zero-order valence-corrected chi connectivity index (χ0v) is 13.1. The minimum Gasteiger partial charge on any atom is -0.475 e. The summed E-state index contributed by atoms with van der Waals surface area (Å²) in [7, 11) is -3.81. The number of carboxylic acid groups (broad SMARTS) is 1. The molecule has 8 heteroatoms. The van der Waals surface area contributed by atoms with E-state index in [0.717, 1.165) is 0 Å². The Hall–Kier alpha value is -3.00. The van der Waals surface area contributed by atoms with Crippen LogP contribution in [0.2, 0.25) is 0 Å². The molecule has 0 unspecified atom stereocenters. The number of sulfonamides is 1. The summed E-state index contributed by atoms with van der Waals surface area (Å²) in [6.07, 6.45) is -0.787. The number of ketones is 2.